The molecule has 1 atom stereocenters. The predicted octanol–water partition coefficient (Wildman–Crippen LogP) is 11.0. The SMILES string of the molecule is C1=CC(c2ccccc2)CC=C1n1c2c3ccccc3ccc2c2c3c4ccccc4ccc3c3ccccc3c21. The van der Waals surface area contributed by atoms with Crippen LogP contribution in [0.5, 0.6) is 0 Å². The van der Waals surface area contributed by atoms with Gasteiger partial charge in [-0.25, -0.2) is 0 Å². The molecule has 1 aromatic heterocycles. The third-order valence-electron chi connectivity index (χ3n) is 9.07. The summed E-state index contributed by atoms with van der Waals surface area (Å²) < 4.78 is 2.56. The second-order valence-corrected chi connectivity index (χ2v) is 11.2. The van der Waals surface area contributed by atoms with Gasteiger partial charge < -0.3 is 4.57 Å². The first kappa shape index (κ1) is 22.7. The molecule has 1 aliphatic rings. The van der Waals surface area contributed by atoms with Crippen molar-refractivity contribution in [1.82, 2.24) is 4.57 Å². The number of hydrogen-bond acceptors (Lipinski definition) is 0. The van der Waals surface area contributed by atoms with E-state index in [9.17, 15) is 0 Å². The minimum Gasteiger partial charge on any atom is -0.308 e. The zero-order chi connectivity index (χ0) is 26.9. The number of nitrogens with zero attached hydrogens (tertiary/aromatic N) is 1. The van der Waals surface area contributed by atoms with Gasteiger partial charge in [-0.05, 0) is 45.0 Å². The number of aromatic nitrogens is 1. The van der Waals surface area contributed by atoms with E-state index in [0.717, 1.165) is 6.42 Å². The van der Waals surface area contributed by atoms with Gasteiger partial charge in [0.1, 0.15) is 0 Å². The van der Waals surface area contributed by atoms with E-state index in [4.69, 9.17) is 0 Å². The van der Waals surface area contributed by atoms with Crippen LogP contribution in [-0.2, 0) is 0 Å². The van der Waals surface area contributed by atoms with E-state index in [2.05, 4.69) is 150 Å². The summed E-state index contributed by atoms with van der Waals surface area (Å²) in [7, 11) is 0. The molecule has 0 radical (unpaired) electrons. The van der Waals surface area contributed by atoms with Crippen LogP contribution in [0.1, 0.15) is 17.9 Å². The molecule has 0 spiro atoms. The predicted molar refractivity (Wildman–Crippen MR) is 177 cm³/mol. The second-order valence-electron chi connectivity index (χ2n) is 11.2. The van der Waals surface area contributed by atoms with Crippen LogP contribution in [0.15, 0.2) is 146 Å². The van der Waals surface area contributed by atoms with Crippen molar-refractivity contribution < 1.29 is 0 Å². The van der Waals surface area contributed by atoms with E-state index < -0.39 is 0 Å². The highest BCUT2D eigenvalue weighted by molar-refractivity contribution is 6.38. The lowest BCUT2D eigenvalue weighted by Crippen LogP contribution is -2.03. The van der Waals surface area contributed by atoms with Gasteiger partial charge in [0.2, 0.25) is 0 Å². The van der Waals surface area contributed by atoms with Crippen LogP contribution in [0.2, 0.25) is 0 Å². The van der Waals surface area contributed by atoms with Gasteiger partial charge in [0.25, 0.3) is 0 Å². The van der Waals surface area contributed by atoms with Gasteiger partial charge in [-0.1, -0.05) is 140 Å². The van der Waals surface area contributed by atoms with Gasteiger partial charge in [-0.2, -0.15) is 0 Å². The van der Waals surface area contributed by atoms with E-state index in [-0.39, 0.29) is 0 Å². The van der Waals surface area contributed by atoms with E-state index in [1.54, 1.807) is 0 Å². The van der Waals surface area contributed by atoms with Crippen molar-refractivity contribution in [2.45, 2.75) is 12.3 Å². The molecule has 8 aromatic rings. The molecule has 0 fully saturated rings. The normalized spacial score (nSPS) is 15.5. The molecule has 7 aromatic carbocycles. The van der Waals surface area contributed by atoms with Gasteiger partial charge in [-0.15, -0.1) is 0 Å². The second kappa shape index (κ2) is 8.68. The molecule has 0 amide bonds. The van der Waals surface area contributed by atoms with Crippen molar-refractivity contribution >= 4 is 70.6 Å². The van der Waals surface area contributed by atoms with E-state index in [1.165, 1.54) is 76.2 Å². The van der Waals surface area contributed by atoms with Crippen molar-refractivity contribution in [3.63, 3.8) is 0 Å². The largest absolute Gasteiger partial charge is 0.308 e. The molecule has 0 saturated carbocycles. The maximum Gasteiger partial charge on any atom is 0.0626 e. The van der Waals surface area contributed by atoms with E-state index in [0.29, 0.717) is 5.92 Å². The lowest BCUT2D eigenvalue weighted by atomic mass is 9.91. The molecule has 0 bridgehead atoms. The zero-order valence-corrected chi connectivity index (χ0v) is 22.6. The highest BCUT2D eigenvalue weighted by Gasteiger charge is 2.23. The van der Waals surface area contributed by atoms with Gasteiger partial charge in [0.15, 0.2) is 0 Å². The van der Waals surface area contributed by atoms with Crippen LogP contribution >= 0.6 is 0 Å². The van der Waals surface area contributed by atoms with Crippen molar-refractivity contribution in [3.8, 4) is 0 Å². The Bertz CT molecular complexity index is 2380. The lowest BCUT2D eigenvalue weighted by Gasteiger charge is -2.20. The Morgan fingerprint density at radius 2 is 1.10 bits per heavy atom. The van der Waals surface area contributed by atoms with E-state index >= 15 is 0 Å². The highest BCUT2D eigenvalue weighted by atomic mass is 15.0. The number of hydrogen-bond donors (Lipinski definition) is 0. The van der Waals surface area contributed by atoms with Crippen LogP contribution < -0.4 is 0 Å². The lowest BCUT2D eigenvalue weighted by molar-refractivity contribution is 0.850. The minimum atomic E-state index is 0.395. The number of rotatable bonds is 2. The summed E-state index contributed by atoms with van der Waals surface area (Å²) in [5.74, 6) is 0.395. The molecular formula is C40H27N. The molecule has 1 unspecified atom stereocenters. The number of benzene rings is 7. The molecule has 1 heterocycles. The summed E-state index contributed by atoms with van der Waals surface area (Å²) >= 11 is 0. The van der Waals surface area contributed by atoms with Crippen molar-refractivity contribution in [2.75, 3.05) is 0 Å². The average molecular weight is 522 g/mol. The molecule has 192 valence electrons. The zero-order valence-electron chi connectivity index (χ0n) is 22.6. The van der Waals surface area contributed by atoms with Crippen LogP contribution in [0, 0.1) is 0 Å². The Balaban J connectivity index is 1.48. The Labute approximate surface area is 238 Å². The fourth-order valence-electron chi connectivity index (χ4n) is 7.23. The highest BCUT2D eigenvalue weighted by Crippen LogP contribution is 2.46. The maximum atomic E-state index is 2.56. The topological polar surface area (TPSA) is 4.93 Å². The third kappa shape index (κ3) is 3.24. The Morgan fingerprint density at radius 3 is 1.85 bits per heavy atom. The summed E-state index contributed by atoms with van der Waals surface area (Å²) in [5.41, 5.74) is 5.20. The number of allylic oxidation sites excluding steroid dienone is 4. The van der Waals surface area contributed by atoms with Gasteiger partial charge in [0.05, 0.1) is 11.0 Å². The molecule has 1 nitrogen and oxygen atoms in total. The number of fused-ring (bicyclic) bond motifs is 12. The van der Waals surface area contributed by atoms with Crippen LogP contribution in [0.3, 0.4) is 0 Å². The van der Waals surface area contributed by atoms with Crippen molar-refractivity contribution in [2.24, 2.45) is 0 Å². The smallest absolute Gasteiger partial charge is 0.0626 e. The first-order chi connectivity index (χ1) is 20.4. The molecule has 0 aliphatic heterocycles. The standard InChI is InChI=1S/C40H27N/c1-2-10-26(11-3-1)27-18-22-30(23-19-27)41-39-32-15-7-5-13-29(32)21-25-36(39)38-37-31-14-6-4-12-28(31)20-24-34(37)33-16-8-9-17-35(33)40(38)41/h1-18,20-25,27H,19H2. The van der Waals surface area contributed by atoms with E-state index in [1.807, 2.05) is 0 Å². The summed E-state index contributed by atoms with van der Waals surface area (Å²) in [5, 5.41) is 13.1. The summed E-state index contributed by atoms with van der Waals surface area (Å²) in [6, 6.07) is 46.8. The maximum absolute atomic E-state index is 2.56. The summed E-state index contributed by atoms with van der Waals surface area (Å²) in [4.78, 5) is 0. The van der Waals surface area contributed by atoms with Gasteiger partial charge >= 0.3 is 0 Å². The van der Waals surface area contributed by atoms with Gasteiger partial charge in [0, 0.05) is 38.5 Å². The first-order valence-corrected chi connectivity index (χ1v) is 14.5. The molecule has 0 saturated heterocycles. The molecular weight excluding hydrogens is 494 g/mol. The Morgan fingerprint density at radius 1 is 0.463 bits per heavy atom. The van der Waals surface area contributed by atoms with Crippen LogP contribution in [0.4, 0.5) is 0 Å². The van der Waals surface area contributed by atoms with Crippen LogP contribution in [-0.4, -0.2) is 4.57 Å². The molecule has 0 N–H and O–H groups in total. The monoisotopic (exact) mass is 521 g/mol. The Kier molecular flexibility index (Phi) is 4.80. The molecule has 41 heavy (non-hydrogen) atoms. The quantitative estimate of drug-likeness (QED) is 0.199. The molecule has 1 aliphatic carbocycles. The minimum absolute atomic E-state index is 0.395. The average Bonchev–Trinajstić information content (AvgIpc) is 3.41. The van der Waals surface area contributed by atoms with Crippen molar-refractivity contribution in [1.29, 1.82) is 0 Å². The van der Waals surface area contributed by atoms with Crippen molar-refractivity contribution in [3.05, 3.63) is 151 Å². The third-order valence-corrected chi connectivity index (χ3v) is 9.07. The fraction of sp³-hybridized carbons (Fsp3) is 0.0500. The summed E-state index contributed by atoms with van der Waals surface area (Å²) in [6.07, 6.45) is 8.17. The molecule has 9 rings (SSSR count). The van der Waals surface area contributed by atoms with Crippen LogP contribution in [0.25, 0.3) is 70.6 Å². The van der Waals surface area contributed by atoms with Gasteiger partial charge in [-0.3, -0.25) is 0 Å². The Hall–Kier alpha value is -5.14. The fourth-order valence-corrected chi connectivity index (χ4v) is 7.23. The first-order valence-electron chi connectivity index (χ1n) is 14.5. The summed E-state index contributed by atoms with van der Waals surface area (Å²) in [6.45, 7) is 0. The molecule has 1 heteroatoms.